The predicted molar refractivity (Wildman–Crippen MR) is 105 cm³/mol. The van der Waals surface area contributed by atoms with E-state index >= 15 is 0 Å². The van der Waals surface area contributed by atoms with Gasteiger partial charge in [0.25, 0.3) is 0 Å². The Bertz CT molecular complexity index is 782. The highest BCUT2D eigenvalue weighted by Crippen LogP contribution is 2.24. The fourth-order valence-corrected chi connectivity index (χ4v) is 3.33. The zero-order chi connectivity index (χ0) is 20.7. The minimum absolute atomic E-state index is 0.189. The molecule has 156 valence electrons. The molecule has 0 bridgehead atoms. The Labute approximate surface area is 168 Å². The van der Waals surface area contributed by atoms with Gasteiger partial charge in [-0.1, -0.05) is 30.3 Å². The summed E-state index contributed by atoms with van der Waals surface area (Å²) in [5, 5.41) is 2.72. The van der Waals surface area contributed by atoms with E-state index in [0.717, 1.165) is 39.1 Å². The van der Waals surface area contributed by atoms with Gasteiger partial charge in [-0.3, -0.25) is 14.6 Å². The van der Waals surface area contributed by atoms with Crippen molar-refractivity contribution >= 4 is 11.6 Å². The maximum atomic E-state index is 12.3. The standard InChI is InChI=1S/C21H24F3N3O2/c22-21(23,24)29-19-9-7-18(8-10-19)25-20(28)16-27-12-4-11-26(13-14-27)15-17-5-2-1-3-6-17/h1-3,5-10H,4,11-16H2,(H,25,28). The van der Waals surface area contributed by atoms with Crippen molar-refractivity contribution in [3.63, 3.8) is 0 Å². The van der Waals surface area contributed by atoms with Crippen molar-refractivity contribution in [3.05, 3.63) is 60.2 Å². The van der Waals surface area contributed by atoms with Gasteiger partial charge in [-0.15, -0.1) is 13.2 Å². The first-order valence-electron chi connectivity index (χ1n) is 9.52. The van der Waals surface area contributed by atoms with Gasteiger partial charge in [0.2, 0.25) is 5.91 Å². The number of amides is 1. The van der Waals surface area contributed by atoms with Crippen LogP contribution >= 0.6 is 0 Å². The Hall–Kier alpha value is -2.58. The summed E-state index contributed by atoms with van der Waals surface area (Å²) in [5.41, 5.74) is 1.71. The van der Waals surface area contributed by atoms with Crippen LogP contribution in [0.15, 0.2) is 54.6 Å². The van der Waals surface area contributed by atoms with E-state index in [-0.39, 0.29) is 18.2 Å². The van der Waals surface area contributed by atoms with E-state index in [1.165, 1.54) is 29.8 Å². The molecular formula is C21H24F3N3O2. The van der Waals surface area contributed by atoms with E-state index in [0.29, 0.717) is 5.69 Å². The van der Waals surface area contributed by atoms with Crippen LogP contribution in [0.5, 0.6) is 5.75 Å². The Morgan fingerprint density at radius 1 is 0.931 bits per heavy atom. The van der Waals surface area contributed by atoms with Crippen LogP contribution in [-0.4, -0.2) is 54.8 Å². The second-order valence-electron chi connectivity index (χ2n) is 7.01. The maximum absolute atomic E-state index is 12.3. The molecule has 1 heterocycles. The predicted octanol–water partition coefficient (Wildman–Crippen LogP) is 3.73. The number of anilines is 1. The maximum Gasteiger partial charge on any atom is 0.573 e. The molecule has 1 amide bonds. The van der Waals surface area contributed by atoms with E-state index in [9.17, 15) is 18.0 Å². The second kappa shape index (κ2) is 9.76. The zero-order valence-electron chi connectivity index (χ0n) is 16.0. The van der Waals surface area contributed by atoms with Gasteiger partial charge in [-0.2, -0.15) is 0 Å². The molecule has 1 N–H and O–H groups in total. The quantitative estimate of drug-likeness (QED) is 0.793. The lowest BCUT2D eigenvalue weighted by molar-refractivity contribution is -0.274. The number of halogens is 3. The number of benzene rings is 2. The molecule has 2 aromatic carbocycles. The highest BCUT2D eigenvalue weighted by atomic mass is 19.4. The number of nitrogens with zero attached hydrogens (tertiary/aromatic N) is 2. The highest BCUT2D eigenvalue weighted by molar-refractivity contribution is 5.92. The van der Waals surface area contributed by atoms with Crippen molar-refractivity contribution in [1.82, 2.24) is 9.80 Å². The normalized spacial score (nSPS) is 16.2. The number of ether oxygens (including phenoxy) is 1. The number of carbonyl (C=O) groups is 1. The smallest absolute Gasteiger partial charge is 0.406 e. The van der Waals surface area contributed by atoms with Crippen molar-refractivity contribution < 1.29 is 22.7 Å². The molecule has 29 heavy (non-hydrogen) atoms. The molecule has 8 heteroatoms. The monoisotopic (exact) mass is 407 g/mol. The second-order valence-corrected chi connectivity index (χ2v) is 7.01. The SMILES string of the molecule is O=C(CN1CCCN(Cc2ccccc2)CC1)Nc1ccc(OC(F)(F)F)cc1. The molecule has 0 atom stereocenters. The summed E-state index contributed by atoms with van der Waals surface area (Å²) in [7, 11) is 0. The molecule has 1 aliphatic rings. The molecule has 1 fully saturated rings. The topological polar surface area (TPSA) is 44.8 Å². The summed E-state index contributed by atoms with van der Waals surface area (Å²) in [6.45, 7) is 4.63. The molecule has 0 saturated carbocycles. The fourth-order valence-electron chi connectivity index (χ4n) is 3.33. The highest BCUT2D eigenvalue weighted by Gasteiger charge is 2.31. The third-order valence-electron chi connectivity index (χ3n) is 4.67. The van der Waals surface area contributed by atoms with E-state index in [2.05, 4.69) is 32.0 Å². The molecule has 1 saturated heterocycles. The average molecular weight is 407 g/mol. The number of nitrogens with one attached hydrogen (secondary N) is 1. The molecule has 0 aliphatic carbocycles. The van der Waals surface area contributed by atoms with Gasteiger partial charge in [0.05, 0.1) is 6.54 Å². The molecule has 0 aromatic heterocycles. The van der Waals surface area contributed by atoms with Crippen molar-refractivity contribution in [3.8, 4) is 5.75 Å². The molecule has 5 nitrogen and oxygen atoms in total. The van der Waals surface area contributed by atoms with E-state index in [4.69, 9.17) is 0 Å². The summed E-state index contributed by atoms with van der Waals surface area (Å²) < 4.78 is 40.4. The van der Waals surface area contributed by atoms with Crippen LogP contribution in [0.3, 0.4) is 0 Å². The number of rotatable bonds is 6. The summed E-state index contributed by atoms with van der Waals surface area (Å²) in [6, 6.07) is 15.4. The van der Waals surface area contributed by atoms with Gasteiger partial charge in [0.15, 0.2) is 0 Å². The van der Waals surface area contributed by atoms with Gasteiger partial charge in [0.1, 0.15) is 5.75 Å². The Kier molecular flexibility index (Phi) is 7.11. The van der Waals surface area contributed by atoms with Crippen LogP contribution in [-0.2, 0) is 11.3 Å². The molecule has 1 aliphatic heterocycles. The van der Waals surface area contributed by atoms with Crippen molar-refractivity contribution in [1.29, 1.82) is 0 Å². The molecule has 0 spiro atoms. The first-order valence-corrected chi connectivity index (χ1v) is 9.52. The van der Waals surface area contributed by atoms with Gasteiger partial charge < -0.3 is 10.1 Å². The van der Waals surface area contributed by atoms with Crippen molar-refractivity contribution in [2.45, 2.75) is 19.3 Å². The van der Waals surface area contributed by atoms with E-state index in [1.54, 1.807) is 0 Å². The van der Waals surface area contributed by atoms with E-state index in [1.807, 2.05) is 18.2 Å². The van der Waals surface area contributed by atoms with E-state index < -0.39 is 6.36 Å². The van der Waals surface area contributed by atoms with Crippen LogP contribution in [0.25, 0.3) is 0 Å². The molecule has 0 unspecified atom stereocenters. The Morgan fingerprint density at radius 3 is 2.28 bits per heavy atom. The summed E-state index contributed by atoms with van der Waals surface area (Å²) in [6.07, 6.45) is -3.75. The van der Waals surface area contributed by atoms with Gasteiger partial charge in [-0.05, 0) is 49.3 Å². The number of carbonyl (C=O) groups excluding carboxylic acids is 1. The number of hydrogen-bond acceptors (Lipinski definition) is 4. The largest absolute Gasteiger partial charge is 0.573 e. The Balaban J connectivity index is 1.44. The Morgan fingerprint density at radius 2 is 1.59 bits per heavy atom. The van der Waals surface area contributed by atoms with Crippen LogP contribution < -0.4 is 10.1 Å². The minimum atomic E-state index is -4.73. The van der Waals surface area contributed by atoms with Gasteiger partial charge in [-0.25, -0.2) is 0 Å². The summed E-state index contributed by atoms with van der Waals surface area (Å²) >= 11 is 0. The first kappa shape index (κ1) is 21.1. The van der Waals surface area contributed by atoms with Crippen LogP contribution in [0.2, 0.25) is 0 Å². The lowest BCUT2D eigenvalue weighted by Gasteiger charge is -2.21. The molecule has 0 radical (unpaired) electrons. The minimum Gasteiger partial charge on any atom is -0.406 e. The molecule has 3 rings (SSSR count). The summed E-state index contributed by atoms with van der Waals surface area (Å²) in [4.78, 5) is 16.8. The number of alkyl halides is 3. The first-order chi connectivity index (χ1) is 13.9. The average Bonchev–Trinajstić information content (AvgIpc) is 2.88. The fraction of sp³-hybridized carbons (Fsp3) is 0.381. The van der Waals surface area contributed by atoms with Crippen LogP contribution in [0, 0.1) is 0 Å². The zero-order valence-corrected chi connectivity index (χ0v) is 16.0. The summed E-state index contributed by atoms with van der Waals surface area (Å²) in [5.74, 6) is -0.507. The molecular weight excluding hydrogens is 383 g/mol. The lowest BCUT2D eigenvalue weighted by Crippen LogP contribution is -2.36. The van der Waals surface area contributed by atoms with Crippen LogP contribution in [0.4, 0.5) is 18.9 Å². The van der Waals surface area contributed by atoms with Gasteiger partial charge >= 0.3 is 6.36 Å². The van der Waals surface area contributed by atoms with Gasteiger partial charge in [0, 0.05) is 25.3 Å². The van der Waals surface area contributed by atoms with Crippen molar-refractivity contribution in [2.75, 3.05) is 38.0 Å². The third-order valence-corrected chi connectivity index (χ3v) is 4.67. The van der Waals surface area contributed by atoms with Crippen LogP contribution in [0.1, 0.15) is 12.0 Å². The molecule has 2 aromatic rings. The lowest BCUT2D eigenvalue weighted by atomic mass is 10.2. The third kappa shape index (κ3) is 7.40. The number of hydrogen-bond donors (Lipinski definition) is 1. The van der Waals surface area contributed by atoms with Crippen molar-refractivity contribution in [2.24, 2.45) is 0 Å².